The standard InChI is InChI=1S/C4H4N2O4S2/c1-12(9,10)4-6-5-2(11-4)3(7)8/h1H3,(H,7,8). The van der Waals surface area contributed by atoms with Crippen molar-refractivity contribution >= 4 is 27.1 Å². The van der Waals surface area contributed by atoms with Gasteiger partial charge in [-0.2, -0.15) is 0 Å². The molecule has 0 amide bonds. The van der Waals surface area contributed by atoms with Crippen molar-refractivity contribution in [1.29, 1.82) is 0 Å². The summed E-state index contributed by atoms with van der Waals surface area (Å²) >= 11 is 0.538. The van der Waals surface area contributed by atoms with E-state index in [1.807, 2.05) is 0 Å². The fraction of sp³-hybridized carbons (Fsp3) is 0.250. The molecule has 8 heteroatoms. The highest BCUT2D eigenvalue weighted by Crippen LogP contribution is 2.14. The molecule has 1 aromatic rings. The zero-order valence-corrected chi connectivity index (χ0v) is 7.52. The Morgan fingerprint density at radius 1 is 1.50 bits per heavy atom. The second kappa shape index (κ2) is 2.79. The third kappa shape index (κ3) is 1.77. The van der Waals surface area contributed by atoms with Gasteiger partial charge in [0.05, 0.1) is 0 Å². The minimum Gasteiger partial charge on any atom is -0.476 e. The van der Waals surface area contributed by atoms with Gasteiger partial charge in [-0.1, -0.05) is 11.3 Å². The molecular formula is C4H4N2O4S2. The van der Waals surface area contributed by atoms with Crippen LogP contribution in [0.2, 0.25) is 0 Å². The van der Waals surface area contributed by atoms with Gasteiger partial charge in [-0.3, -0.25) is 0 Å². The minimum absolute atomic E-state index is 0.278. The molecule has 0 bridgehead atoms. The predicted molar refractivity (Wildman–Crippen MR) is 40.0 cm³/mol. The van der Waals surface area contributed by atoms with E-state index in [1.165, 1.54) is 0 Å². The molecule has 1 heterocycles. The number of rotatable bonds is 2. The van der Waals surface area contributed by atoms with Gasteiger partial charge in [-0.05, 0) is 0 Å². The summed E-state index contributed by atoms with van der Waals surface area (Å²) in [6.07, 6.45) is 0.944. The van der Waals surface area contributed by atoms with E-state index in [9.17, 15) is 13.2 Å². The summed E-state index contributed by atoms with van der Waals surface area (Å²) < 4.78 is 21.3. The van der Waals surface area contributed by atoms with Gasteiger partial charge in [0, 0.05) is 6.26 Å². The number of hydrogen-bond acceptors (Lipinski definition) is 6. The first-order valence-corrected chi connectivity index (χ1v) is 5.39. The van der Waals surface area contributed by atoms with Gasteiger partial charge in [-0.15, -0.1) is 10.2 Å². The summed E-state index contributed by atoms with van der Waals surface area (Å²) in [6.45, 7) is 0. The molecule has 12 heavy (non-hydrogen) atoms. The molecule has 1 N–H and O–H groups in total. The SMILES string of the molecule is CS(=O)(=O)c1nnc(C(=O)O)s1. The van der Waals surface area contributed by atoms with Crippen molar-refractivity contribution in [1.82, 2.24) is 10.2 Å². The van der Waals surface area contributed by atoms with E-state index in [4.69, 9.17) is 5.11 Å². The van der Waals surface area contributed by atoms with Crippen LogP contribution >= 0.6 is 11.3 Å². The summed E-state index contributed by atoms with van der Waals surface area (Å²) in [5, 5.41) is 14.4. The van der Waals surface area contributed by atoms with E-state index in [0.29, 0.717) is 11.3 Å². The Hall–Kier alpha value is -1.02. The van der Waals surface area contributed by atoms with Crippen LogP contribution in [-0.2, 0) is 9.84 Å². The number of sulfone groups is 1. The number of carbonyl (C=O) groups is 1. The van der Waals surface area contributed by atoms with E-state index in [2.05, 4.69) is 10.2 Å². The maximum atomic E-state index is 10.8. The molecule has 0 aromatic carbocycles. The van der Waals surface area contributed by atoms with Crippen LogP contribution in [0.5, 0.6) is 0 Å². The highest BCUT2D eigenvalue weighted by atomic mass is 32.2. The van der Waals surface area contributed by atoms with Gasteiger partial charge in [0.2, 0.25) is 19.2 Å². The Morgan fingerprint density at radius 3 is 2.33 bits per heavy atom. The zero-order valence-electron chi connectivity index (χ0n) is 5.88. The molecule has 0 unspecified atom stereocenters. The second-order valence-electron chi connectivity index (χ2n) is 1.95. The van der Waals surface area contributed by atoms with Crippen LogP contribution in [0.3, 0.4) is 0 Å². The fourth-order valence-electron chi connectivity index (χ4n) is 0.446. The molecule has 1 aromatic heterocycles. The van der Waals surface area contributed by atoms with Gasteiger partial charge >= 0.3 is 5.97 Å². The number of hydrogen-bond donors (Lipinski definition) is 1. The predicted octanol–water partition coefficient (Wildman–Crippen LogP) is -0.360. The van der Waals surface area contributed by atoms with Crippen LogP contribution in [0.4, 0.5) is 0 Å². The summed E-state index contributed by atoms with van der Waals surface area (Å²) in [4.78, 5) is 10.3. The van der Waals surface area contributed by atoms with Crippen LogP contribution in [0.15, 0.2) is 4.34 Å². The van der Waals surface area contributed by atoms with E-state index < -0.39 is 15.8 Å². The maximum Gasteiger partial charge on any atom is 0.367 e. The third-order valence-corrected chi connectivity index (χ3v) is 3.49. The summed E-state index contributed by atoms with van der Waals surface area (Å²) in [7, 11) is -3.43. The first kappa shape index (κ1) is 9.07. The minimum atomic E-state index is -3.43. The van der Waals surface area contributed by atoms with E-state index in [1.54, 1.807) is 0 Å². The van der Waals surface area contributed by atoms with Gasteiger partial charge in [0.15, 0.2) is 0 Å². The van der Waals surface area contributed by atoms with Gasteiger partial charge in [0.1, 0.15) is 0 Å². The molecule has 0 radical (unpaired) electrons. The van der Waals surface area contributed by atoms with Crippen molar-refractivity contribution in [3.8, 4) is 0 Å². The van der Waals surface area contributed by atoms with E-state index >= 15 is 0 Å². The van der Waals surface area contributed by atoms with Crippen LogP contribution in [-0.4, -0.2) is 35.9 Å². The smallest absolute Gasteiger partial charge is 0.367 e. The lowest BCUT2D eigenvalue weighted by Gasteiger charge is -1.83. The lowest BCUT2D eigenvalue weighted by atomic mass is 10.7. The van der Waals surface area contributed by atoms with Gasteiger partial charge in [0.25, 0.3) is 0 Å². The topological polar surface area (TPSA) is 97.2 Å². The summed E-state index contributed by atoms with van der Waals surface area (Å²) in [5.41, 5.74) is 0. The molecule has 0 atom stereocenters. The number of aromatic carboxylic acids is 1. The number of aromatic nitrogens is 2. The first-order valence-electron chi connectivity index (χ1n) is 2.68. The van der Waals surface area contributed by atoms with Crippen molar-refractivity contribution in [3.05, 3.63) is 5.01 Å². The summed E-state index contributed by atoms with van der Waals surface area (Å²) in [6, 6.07) is 0. The quantitative estimate of drug-likeness (QED) is 0.712. The van der Waals surface area contributed by atoms with Gasteiger partial charge in [-0.25, -0.2) is 13.2 Å². The number of carboxylic acid groups (broad SMARTS) is 1. The third-order valence-electron chi connectivity index (χ3n) is 0.907. The second-order valence-corrected chi connectivity index (χ2v) is 5.12. The van der Waals surface area contributed by atoms with E-state index in [0.717, 1.165) is 6.26 Å². The molecular weight excluding hydrogens is 204 g/mol. The zero-order chi connectivity index (χ0) is 9.35. The van der Waals surface area contributed by atoms with Crippen molar-refractivity contribution in [2.75, 3.05) is 6.26 Å². The Balaban J connectivity index is 3.17. The van der Waals surface area contributed by atoms with Gasteiger partial charge < -0.3 is 5.11 Å². The molecule has 0 aliphatic heterocycles. The molecule has 0 spiro atoms. The monoisotopic (exact) mass is 208 g/mol. The van der Waals surface area contributed by atoms with Crippen LogP contribution < -0.4 is 0 Å². The highest BCUT2D eigenvalue weighted by Gasteiger charge is 2.17. The summed E-state index contributed by atoms with van der Waals surface area (Å²) in [5.74, 6) is -1.28. The average molecular weight is 208 g/mol. The normalized spacial score (nSPS) is 11.4. The molecule has 66 valence electrons. The van der Waals surface area contributed by atoms with Crippen LogP contribution in [0, 0.1) is 0 Å². The molecule has 1 rings (SSSR count). The Bertz CT molecular complexity index is 406. The van der Waals surface area contributed by atoms with Crippen molar-refractivity contribution in [3.63, 3.8) is 0 Å². The molecule has 0 saturated heterocycles. The Kier molecular flexibility index (Phi) is 2.11. The van der Waals surface area contributed by atoms with Crippen molar-refractivity contribution in [2.24, 2.45) is 0 Å². The largest absolute Gasteiger partial charge is 0.476 e. The molecule has 0 aliphatic carbocycles. The van der Waals surface area contributed by atoms with E-state index in [-0.39, 0.29) is 9.35 Å². The molecule has 0 saturated carbocycles. The van der Waals surface area contributed by atoms with Crippen LogP contribution in [0.1, 0.15) is 9.80 Å². The fourth-order valence-corrected chi connectivity index (χ4v) is 1.89. The highest BCUT2D eigenvalue weighted by molar-refractivity contribution is 7.92. The van der Waals surface area contributed by atoms with Crippen LogP contribution in [0.25, 0.3) is 0 Å². The lowest BCUT2D eigenvalue weighted by molar-refractivity contribution is 0.0695. The number of carboxylic acids is 1. The Morgan fingerprint density at radius 2 is 2.08 bits per heavy atom. The van der Waals surface area contributed by atoms with Crippen molar-refractivity contribution < 1.29 is 18.3 Å². The van der Waals surface area contributed by atoms with Crippen molar-refractivity contribution in [2.45, 2.75) is 4.34 Å². The molecule has 0 aliphatic rings. The lowest BCUT2D eigenvalue weighted by Crippen LogP contribution is -1.95. The Labute approximate surface area is 71.8 Å². The first-order chi connectivity index (χ1) is 5.41. The molecule has 6 nitrogen and oxygen atoms in total. The number of nitrogens with zero attached hydrogens (tertiary/aromatic N) is 2. The average Bonchev–Trinajstić information content (AvgIpc) is 2.30. The molecule has 0 fully saturated rings. The maximum absolute atomic E-state index is 10.8.